The van der Waals surface area contributed by atoms with Gasteiger partial charge in [-0.25, -0.2) is 12.8 Å². The molecule has 0 spiro atoms. The van der Waals surface area contributed by atoms with Gasteiger partial charge in [0.25, 0.3) is 0 Å². The van der Waals surface area contributed by atoms with Crippen molar-refractivity contribution >= 4 is 31.6 Å². The van der Waals surface area contributed by atoms with E-state index in [0.717, 1.165) is 16.4 Å². The van der Waals surface area contributed by atoms with Gasteiger partial charge >= 0.3 is 0 Å². The summed E-state index contributed by atoms with van der Waals surface area (Å²) in [5, 5.41) is 8.78. The van der Waals surface area contributed by atoms with Crippen LogP contribution >= 0.6 is 15.9 Å². The zero-order valence-electron chi connectivity index (χ0n) is 11.1. The van der Waals surface area contributed by atoms with E-state index in [9.17, 15) is 12.8 Å². The molecule has 0 aliphatic rings. The number of hydrogen-bond donors (Lipinski definition) is 1. The minimum atomic E-state index is -4.02. The first-order valence-corrected chi connectivity index (χ1v) is 8.11. The molecule has 0 heterocycles. The second-order valence-corrected chi connectivity index (χ2v) is 7.05. The van der Waals surface area contributed by atoms with Crippen molar-refractivity contribution in [1.82, 2.24) is 4.31 Å². The summed E-state index contributed by atoms with van der Waals surface area (Å²) in [6.07, 6.45) is 0. The van der Waals surface area contributed by atoms with Gasteiger partial charge in [-0.05, 0) is 35.0 Å². The van der Waals surface area contributed by atoms with Gasteiger partial charge in [0.2, 0.25) is 10.0 Å². The van der Waals surface area contributed by atoms with Crippen LogP contribution < -0.4 is 5.73 Å². The first-order valence-electron chi connectivity index (χ1n) is 5.88. The molecular weight excluding hydrogens is 349 g/mol. The lowest BCUT2D eigenvalue weighted by Crippen LogP contribution is -2.34. The standard InChI is InChI=1S/C12H15BrFN3O2S/c1-3-17(7-8(2)6-15)20(18,19)12-5-11(16)9(13)4-10(12)14/h4-5,8H,3,7,16H2,1-2H3. The lowest BCUT2D eigenvalue weighted by atomic mass is 10.2. The van der Waals surface area contributed by atoms with E-state index in [1.165, 1.54) is 0 Å². The molecule has 0 saturated carbocycles. The van der Waals surface area contributed by atoms with Crippen molar-refractivity contribution in [3.05, 3.63) is 22.4 Å². The predicted octanol–water partition coefficient (Wildman–Crippen LogP) is 2.34. The highest BCUT2D eigenvalue weighted by atomic mass is 79.9. The van der Waals surface area contributed by atoms with Gasteiger partial charge in [-0.15, -0.1) is 0 Å². The van der Waals surface area contributed by atoms with Crippen LogP contribution in [-0.4, -0.2) is 25.8 Å². The number of hydrogen-bond acceptors (Lipinski definition) is 4. The monoisotopic (exact) mass is 363 g/mol. The molecule has 5 nitrogen and oxygen atoms in total. The summed E-state index contributed by atoms with van der Waals surface area (Å²) in [7, 11) is -4.02. The van der Waals surface area contributed by atoms with Crippen LogP contribution in [0.1, 0.15) is 13.8 Å². The Hall–Kier alpha value is -1.17. The normalized spacial score (nSPS) is 13.2. The molecule has 1 atom stereocenters. The SMILES string of the molecule is CCN(CC(C)C#N)S(=O)(=O)c1cc(N)c(Br)cc1F. The van der Waals surface area contributed by atoms with Gasteiger partial charge in [-0.3, -0.25) is 0 Å². The Morgan fingerprint density at radius 3 is 2.65 bits per heavy atom. The summed E-state index contributed by atoms with van der Waals surface area (Å²) in [5.74, 6) is -1.37. The van der Waals surface area contributed by atoms with Crippen LogP contribution in [0.3, 0.4) is 0 Å². The zero-order chi connectivity index (χ0) is 15.5. The Bertz CT molecular complexity index is 643. The fraction of sp³-hybridized carbons (Fsp3) is 0.417. The van der Waals surface area contributed by atoms with Crippen molar-refractivity contribution in [2.45, 2.75) is 18.7 Å². The van der Waals surface area contributed by atoms with E-state index < -0.39 is 26.7 Å². The molecule has 0 aliphatic carbocycles. The number of nitrogen functional groups attached to an aromatic ring is 1. The average molecular weight is 364 g/mol. The first kappa shape index (κ1) is 16.9. The number of nitrogens with zero attached hydrogens (tertiary/aromatic N) is 2. The summed E-state index contributed by atoms with van der Waals surface area (Å²) in [5.41, 5.74) is 5.74. The molecule has 0 aromatic heterocycles. The topological polar surface area (TPSA) is 87.2 Å². The smallest absolute Gasteiger partial charge is 0.246 e. The largest absolute Gasteiger partial charge is 0.398 e. The fourth-order valence-electron chi connectivity index (χ4n) is 1.63. The van der Waals surface area contributed by atoms with E-state index in [2.05, 4.69) is 15.9 Å². The third kappa shape index (κ3) is 3.48. The highest BCUT2D eigenvalue weighted by Gasteiger charge is 2.28. The number of nitriles is 1. The summed E-state index contributed by atoms with van der Waals surface area (Å²) in [6, 6.07) is 4.05. The molecule has 8 heteroatoms. The second-order valence-electron chi connectivity index (χ2n) is 4.29. The van der Waals surface area contributed by atoms with Gasteiger partial charge in [0.05, 0.1) is 12.0 Å². The van der Waals surface area contributed by atoms with E-state index in [1.807, 2.05) is 6.07 Å². The maximum atomic E-state index is 13.9. The molecule has 0 bridgehead atoms. The maximum Gasteiger partial charge on any atom is 0.246 e. The van der Waals surface area contributed by atoms with Gasteiger partial charge in [-0.1, -0.05) is 6.92 Å². The summed E-state index contributed by atoms with van der Waals surface area (Å²) in [6.45, 7) is 3.38. The van der Waals surface area contributed by atoms with Crippen molar-refractivity contribution in [1.29, 1.82) is 5.26 Å². The summed E-state index contributed by atoms with van der Waals surface area (Å²) in [4.78, 5) is -0.481. The summed E-state index contributed by atoms with van der Waals surface area (Å²) < 4.78 is 40.1. The molecular formula is C12H15BrFN3O2S. The molecule has 0 radical (unpaired) electrons. The Morgan fingerprint density at radius 1 is 1.55 bits per heavy atom. The van der Waals surface area contributed by atoms with E-state index >= 15 is 0 Å². The van der Waals surface area contributed by atoms with Crippen molar-refractivity contribution in [2.24, 2.45) is 5.92 Å². The molecule has 1 aromatic rings. The highest BCUT2D eigenvalue weighted by Crippen LogP contribution is 2.28. The van der Waals surface area contributed by atoms with E-state index in [0.29, 0.717) is 4.47 Å². The van der Waals surface area contributed by atoms with Crippen LogP contribution in [0.2, 0.25) is 0 Å². The lowest BCUT2D eigenvalue weighted by molar-refractivity contribution is 0.397. The second kappa shape index (κ2) is 6.52. The minimum Gasteiger partial charge on any atom is -0.398 e. The zero-order valence-corrected chi connectivity index (χ0v) is 13.5. The number of rotatable bonds is 5. The van der Waals surface area contributed by atoms with Crippen LogP contribution in [0.15, 0.2) is 21.5 Å². The first-order chi connectivity index (χ1) is 9.23. The minimum absolute atomic E-state index is 0.00470. The molecule has 20 heavy (non-hydrogen) atoms. The molecule has 0 fully saturated rings. The Morgan fingerprint density at radius 2 is 2.15 bits per heavy atom. The molecule has 1 unspecified atom stereocenters. The maximum absolute atomic E-state index is 13.9. The molecule has 0 amide bonds. The van der Waals surface area contributed by atoms with Gasteiger partial charge < -0.3 is 5.73 Å². The highest BCUT2D eigenvalue weighted by molar-refractivity contribution is 9.10. The number of benzene rings is 1. The van der Waals surface area contributed by atoms with Crippen molar-refractivity contribution < 1.29 is 12.8 Å². The number of sulfonamides is 1. The number of halogens is 2. The van der Waals surface area contributed by atoms with E-state index in [4.69, 9.17) is 11.0 Å². The Kier molecular flexibility index (Phi) is 5.50. The lowest BCUT2D eigenvalue weighted by Gasteiger charge is -2.22. The van der Waals surface area contributed by atoms with Crippen LogP contribution in [0.25, 0.3) is 0 Å². The van der Waals surface area contributed by atoms with Crippen LogP contribution in [0.4, 0.5) is 10.1 Å². The molecule has 110 valence electrons. The summed E-state index contributed by atoms with van der Waals surface area (Å²) >= 11 is 3.04. The van der Waals surface area contributed by atoms with Crippen LogP contribution in [-0.2, 0) is 10.0 Å². The molecule has 2 N–H and O–H groups in total. The van der Waals surface area contributed by atoms with Gasteiger partial charge in [0.1, 0.15) is 10.7 Å². The van der Waals surface area contributed by atoms with E-state index in [1.54, 1.807) is 13.8 Å². The van der Waals surface area contributed by atoms with E-state index in [-0.39, 0.29) is 18.8 Å². The fourth-order valence-corrected chi connectivity index (χ4v) is 3.56. The third-order valence-corrected chi connectivity index (χ3v) is 5.36. The molecule has 1 rings (SSSR count). The molecule has 0 aliphatic heterocycles. The van der Waals surface area contributed by atoms with Crippen LogP contribution in [0.5, 0.6) is 0 Å². The Balaban J connectivity index is 3.28. The number of nitrogens with two attached hydrogens (primary N) is 1. The molecule has 1 aromatic carbocycles. The van der Waals surface area contributed by atoms with Crippen molar-refractivity contribution in [3.63, 3.8) is 0 Å². The van der Waals surface area contributed by atoms with Crippen molar-refractivity contribution in [2.75, 3.05) is 18.8 Å². The van der Waals surface area contributed by atoms with Gasteiger partial charge in [0.15, 0.2) is 0 Å². The van der Waals surface area contributed by atoms with Crippen molar-refractivity contribution in [3.8, 4) is 6.07 Å². The van der Waals surface area contributed by atoms with Gasteiger partial charge in [-0.2, -0.15) is 9.57 Å². The quantitative estimate of drug-likeness (QED) is 0.813. The predicted molar refractivity (Wildman–Crippen MR) is 77.7 cm³/mol. The number of anilines is 1. The van der Waals surface area contributed by atoms with Crippen LogP contribution in [0, 0.1) is 23.1 Å². The van der Waals surface area contributed by atoms with Gasteiger partial charge in [0, 0.05) is 23.2 Å². The third-order valence-electron chi connectivity index (χ3n) is 2.72. The average Bonchev–Trinajstić information content (AvgIpc) is 2.39. The molecule has 0 saturated heterocycles. The Labute approximate surface area is 126 Å².